The zero-order valence-electron chi connectivity index (χ0n) is 22.4. The minimum Gasteiger partial charge on any atom is -0.338 e. The number of anilines is 2. The SMILES string of the molecule is CC(C)(C)c1ccc(C(=O)Nc2cccc(NC(=O)C3CCN(Cc4nc(-c5cccs5)no4)CC3)c2)cc1. The summed E-state index contributed by atoms with van der Waals surface area (Å²) in [6.07, 6.45) is 1.50. The number of benzene rings is 2. The highest BCUT2D eigenvalue weighted by Gasteiger charge is 2.26. The Labute approximate surface area is 232 Å². The first-order valence-corrected chi connectivity index (χ1v) is 14.0. The summed E-state index contributed by atoms with van der Waals surface area (Å²) in [5.41, 5.74) is 3.09. The van der Waals surface area contributed by atoms with Crippen LogP contribution in [0.25, 0.3) is 10.7 Å². The average molecular weight is 544 g/mol. The molecule has 202 valence electrons. The molecule has 1 saturated heterocycles. The van der Waals surface area contributed by atoms with E-state index in [4.69, 9.17) is 4.52 Å². The lowest BCUT2D eigenvalue weighted by molar-refractivity contribution is -0.121. The Balaban J connectivity index is 1.11. The van der Waals surface area contributed by atoms with Crippen molar-refractivity contribution in [3.63, 3.8) is 0 Å². The maximum absolute atomic E-state index is 13.0. The molecule has 1 aliphatic rings. The molecular weight excluding hydrogens is 510 g/mol. The predicted molar refractivity (Wildman–Crippen MR) is 154 cm³/mol. The van der Waals surface area contributed by atoms with Gasteiger partial charge in [0.05, 0.1) is 11.4 Å². The second kappa shape index (κ2) is 11.5. The molecule has 3 heterocycles. The molecule has 0 bridgehead atoms. The van der Waals surface area contributed by atoms with Gasteiger partial charge in [0.2, 0.25) is 17.6 Å². The van der Waals surface area contributed by atoms with E-state index in [1.807, 2.05) is 60.0 Å². The summed E-state index contributed by atoms with van der Waals surface area (Å²) in [7, 11) is 0. The molecule has 1 aliphatic heterocycles. The second-order valence-electron chi connectivity index (χ2n) is 10.9. The number of hydrogen-bond donors (Lipinski definition) is 2. The number of thiophene rings is 1. The van der Waals surface area contributed by atoms with Crippen LogP contribution in [-0.2, 0) is 16.8 Å². The monoisotopic (exact) mass is 543 g/mol. The zero-order chi connectivity index (χ0) is 27.4. The van der Waals surface area contributed by atoms with E-state index < -0.39 is 0 Å². The molecule has 2 amide bonds. The van der Waals surface area contributed by atoms with E-state index in [9.17, 15) is 9.59 Å². The number of carbonyl (C=O) groups excluding carboxylic acids is 2. The van der Waals surface area contributed by atoms with Gasteiger partial charge in [-0.2, -0.15) is 4.98 Å². The minimum atomic E-state index is -0.185. The lowest BCUT2D eigenvalue weighted by Crippen LogP contribution is -2.37. The van der Waals surface area contributed by atoms with Gasteiger partial charge >= 0.3 is 0 Å². The molecule has 0 spiro atoms. The van der Waals surface area contributed by atoms with Gasteiger partial charge in [-0.25, -0.2) is 0 Å². The van der Waals surface area contributed by atoms with Crippen LogP contribution in [-0.4, -0.2) is 39.9 Å². The third kappa shape index (κ3) is 6.79. The molecule has 2 N–H and O–H groups in total. The fraction of sp³-hybridized carbons (Fsp3) is 0.333. The topological polar surface area (TPSA) is 100 Å². The molecule has 8 nitrogen and oxygen atoms in total. The van der Waals surface area contributed by atoms with Crippen molar-refractivity contribution >= 4 is 34.5 Å². The molecule has 0 saturated carbocycles. The molecular formula is C30H33N5O3S. The van der Waals surface area contributed by atoms with E-state index in [-0.39, 0.29) is 23.1 Å². The molecule has 2 aromatic carbocycles. The van der Waals surface area contributed by atoms with Crippen LogP contribution in [0.5, 0.6) is 0 Å². The summed E-state index contributed by atoms with van der Waals surface area (Å²) in [5, 5.41) is 12.0. The molecule has 2 aromatic heterocycles. The van der Waals surface area contributed by atoms with E-state index in [0.717, 1.165) is 30.8 Å². The quantitative estimate of drug-likeness (QED) is 0.288. The highest BCUT2D eigenvalue weighted by Crippen LogP contribution is 2.25. The Bertz CT molecular complexity index is 1420. The highest BCUT2D eigenvalue weighted by atomic mass is 32.1. The standard InChI is InChI=1S/C30H33N5O3S/c1-30(2,3)22-11-9-20(10-12-22)28(36)31-23-6-4-7-24(18-23)32-29(37)21-13-15-35(16-14-21)19-26-33-27(34-38-26)25-8-5-17-39-25/h4-12,17-18,21H,13-16,19H2,1-3H3,(H,31,36)(H,32,37). The van der Waals surface area contributed by atoms with E-state index in [0.29, 0.717) is 35.2 Å². The van der Waals surface area contributed by atoms with Crippen molar-refractivity contribution < 1.29 is 14.1 Å². The van der Waals surface area contributed by atoms with E-state index in [1.165, 1.54) is 5.56 Å². The molecule has 0 unspecified atom stereocenters. The fourth-order valence-corrected chi connectivity index (χ4v) is 5.26. The molecule has 0 radical (unpaired) electrons. The van der Waals surface area contributed by atoms with Crippen LogP contribution in [0.1, 0.15) is 55.4 Å². The maximum Gasteiger partial charge on any atom is 0.255 e. The minimum absolute atomic E-state index is 0.00586. The normalized spacial score (nSPS) is 14.7. The summed E-state index contributed by atoms with van der Waals surface area (Å²) in [6.45, 7) is 8.56. The van der Waals surface area contributed by atoms with Gasteiger partial charge in [0.25, 0.3) is 5.91 Å². The summed E-state index contributed by atoms with van der Waals surface area (Å²) in [5.74, 6) is 0.936. The van der Waals surface area contributed by atoms with E-state index >= 15 is 0 Å². The van der Waals surface area contributed by atoms with Crippen molar-refractivity contribution in [3.05, 3.63) is 83.1 Å². The van der Waals surface area contributed by atoms with Crippen molar-refractivity contribution in [1.29, 1.82) is 0 Å². The van der Waals surface area contributed by atoms with Crippen molar-refractivity contribution in [1.82, 2.24) is 15.0 Å². The Morgan fingerprint density at radius 1 is 1.00 bits per heavy atom. The number of rotatable bonds is 7. The number of hydrogen-bond acceptors (Lipinski definition) is 7. The zero-order valence-corrected chi connectivity index (χ0v) is 23.3. The predicted octanol–water partition coefficient (Wildman–Crippen LogP) is 6.20. The largest absolute Gasteiger partial charge is 0.338 e. The molecule has 39 heavy (non-hydrogen) atoms. The van der Waals surface area contributed by atoms with Crippen LogP contribution in [0.4, 0.5) is 11.4 Å². The van der Waals surface area contributed by atoms with Crippen LogP contribution in [0, 0.1) is 5.92 Å². The third-order valence-corrected chi connectivity index (χ3v) is 7.79. The van der Waals surface area contributed by atoms with Gasteiger partial charge in [-0.3, -0.25) is 14.5 Å². The molecule has 1 fully saturated rings. The van der Waals surface area contributed by atoms with Gasteiger partial charge in [0.15, 0.2) is 0 Å². The van der Waals surface area contributed by atoms with Crippen molar-refractivity contribution in [2.45, 2.75) is 45.6 Å². The van der Waals surface area contributed by atoms with Crippen LogP contribution in [0.2, 0.25) is 0 Å². The van der Waals surface area contributed by atoms with Crippen molar-refractivity contribution in [2.75, 3.05) is 23.7 Å². The second-order valence-corrected chi connectivity index (χ2v) is 11.8. The van der Waals surface area contributed by atoms with E-state index in [1.54, 1.807) is 17.4 Å². The molecule has 5 rings (SSSR count). The summed E-state index contributed by atoms with van der Waals surface area (Å²) in [6, 6.07) is 18.9. The average Bonchev–Trinajstić information content (AvgIpc) is 3.61. The van der Waals surface area contributed by atoms with Crippen LogP contribution in [0.3, 0.4) is 0 Å². The molecule has 0 atom stereocenters. The molecule has 9 heteroatoms. The first-order valence-electron chi connectivity index (χ1n) is 13.2. The summed E-state index contributed by atoms with van der Waals surface area (Å²) < 4.78 is 5.42. The smallest absolute Gasteiger partial charge is 0.255 e. The maximum atomic E-state index is 13.0. The lowest BCUT2D eigenvalue weighted by Gasteiger charge is -2.30. The first-order chi connectivity index (χ1) is 18.7. The van der Waals surface area contributed by atoms with Crippen LogP contribution >= 0.6 is 11.3 Å². The Hall–Kier alpha value is -3.82. The molecule has 4 aromatic rings. The van der Waals surface area contributed by atoms with Crippen LogP contribution in [0.15, 0.2) is 70.6 Å². The highest BCUT2D eigenvalue weighted by molar-refractivity contribution is 7.13. The number of carbonyl (C=O) groups is 2. The van der Waals surface area contributed by atoms with Gasteiger partial charge in [0, 0.05) is 22.9 Å². The Kier molecular flexibility index (Phi) is 7.90. The van der Waals surface area contributed by atoms with Gasteiger partial charge < -0.3 is 15.2 Å². The van der Waals surface area contributed by atoms with E-state index in [2.05, 4.69) is 46.4 Å². The number of nitrogens with one attached hydrogen (secondary N) is 2. The van der Waals surface area contributed by atoms with Gasteiger partial charge in [0.1, 0.15) is 0 Å². The Morgan fingerprint density at radius 2 is 1.72 bits per heavy atom. The van der Waals surface area contributed by atoms with Gasteiger partial charge in [-0.1, -0.05) is 50.2 Å². The van der Waals surface area contributed by atoms with Crippen molar-refractivity contribution in [3.8, 4) is 10.7 Å². The number of likely N-dealkylation sites (tertiary alicyclic amines) is 1. The molecule has 0 aliphatic carbocycles. The van der Waals surface area contributed by atoms with Gasteiger partial charge in [-0.15, -0.1) is 11.3 Å². The number of aromatic nitrogens is 2. The summed E-state index contributed by atoms with van der Waals surface area (Å²) >= 11 is 1.58. The van der Waals surface area contributed by atoms with Gasteiger partial charge in [-0.05, 0) is 78.7 Å². The number of amides is 2. The third-order valence-electron chi connectivity index (χ3n) is 6.93. The van der Waals surface area contributed by atoms with Crippen LogP contribution < -0.4 is 10.6 Å². The Morgan fingerprint density at radius 3 is 2.38 bits per heavy atom. The van der Waals surface area contributed by atoms with Crippen molar-refractivity contribution in [2.24, 2.45) is 5.92 Å². The lowest BCUT2D eigenvalue weighted by atomic mass is 9.87. The fourth-order valence-electron chi connectivity index (χ4n) is 4.61. The number of nitrogens with zero attached hydrogens (tertiary/aromatic N) is 3. The summed E-state index contributed by atoms with van der Waals surface area (Å²) in [4.78, 5) is 33.5. The first kappa shape index (κ1) is 26.8. The number of piperidine rings is 1.